The van der Waals surface area contributed by atoms with E-state index in [-0.39, 0.29) is 18.0 Å². The molecule has 2 heterocycles. The Hall–Kier alpha value is -2.77. The molecule has 2 aliphatic rings. The van der Waals surface area contributed by atoms with E-state index in [1.165, 1.54) is 22.6 Å². The van der Waals surface area contributed by atoms with Crippen molar-refractivity contribution in [1.82, 2.24) is 19.6 Å². The number of carbonyl (C=O) groups is 1. The summed E-state index contributed by atoms with van der Waals surface area (Å²) in [5.41, 5.74) is 3.57. The Bertz CT molecular complexity index is 1050. The molecule has 1 unspecified atom stereocenters. The van der Waals surface area contributed by atoms with Crippen molar-refractivity contribution in [3.63, 3.8) is 0 Å². The molecule has 1 aromatic heterocycles. The molecule has 2 N–H and O–H groups in total. The van der Waals surface area contributed by atoms with Crippen molar-refractivity contribution in [3.05, 3.63) is 78.4 Å². The lowest BCUT2D eigenvalue weighted by Gasteiger charge is -2.33. The monoisotopic (exact) mass is 475 g/mol. The van der Waals surface area contributed by atoms with Gasteiger partial charge in [0.15, 0.2) is 0 Å². The molecule has 3 aromatic rings. The third kappa shape index (κ3) is 5.65. The van der Waals surface area contributed by atoms with Crippen LogP contribution in [0.5, 0.6) is 0 Å². The molecule has 1 aliphatic carbocycles. The Kier molecular flexibility index (Phi) is 7.51. The van der Waals surface area contributed by atoms with Crippen LogP contribution in [0.1, 0.15) is 43.4 Å². The maximum atomic E-state index is 13.3. The number of aromatic amines is 1. The van der Waals surface area contributed by atoms with E-state index in [1.54, 1.807) is 18.3 Å². The van der Waals surface area contributed by atoms with E-state index in [0.717, 1.165) is 57.4 Å². The quantitative estimate of drug-likeness (QED) is 0.471. The van der Waals surface area contributed by atoms with Crippen molar-refractivity contribution >= 4 is 23.5 Å². The summed E-state index contributed by atoms with van der Waals surface area (Å²) in [5.74, 6) is 0.351. The van der Waals surface area contributed by atoms with Crippen molar-refractivity contribution in [2.75, 3.05) is 18.0 Å². The highest BCUT2D eigenvalue weighted by Gasteiger charge is 2.32. The van der Waals surface area contributed by atoms with Crippen LogP contribution >= 0.6 is 11.9 Å². The molecule has 2 aromatic carbocycles. The molecule has 34 heavy (non-hydrogen) atoms. The van der Waals surface area contributed by atoms with Gasteiger partial charge in [-0.2, -0.15) is 0 Å². The van der Waals surface area contributed by atoms with Crippen LogP contribution in [0, 0.1) is 5.92 Å². The third-order valence-corrected chi connectivity index (χ3v) is 8.04. The molecule has 1 fully saturated rings. The van der Waals surface area contributed by atoms with Crippen LogP contribution in [0.25, 0.3) is 0 Å². The number of nitrogens with zero attached hydrogens (tertiary/aromatic N) is 3. The average molecular weight is 476 g/mol. The van der Waals surface area contributed by atoms with Crippen LogP contribution in [-0.4, -0.2) is 39.4 Å². The van der Waals surface area contributed by atoms with Crippen LogP contribution in [0.2, 0.25) is 0 Å². The fourth-order valence-corrected chi connectivity index (χ4v) is 6.07. The minimum atomic E-state index is -0.0848. The fourth-order valence-electron chi connectivity index (χ4n) is 4.96. The topological polar surface area (TPSA) is 64.3 Å². The van der Waals surface area contributed by atoms with E-state index < -0.39 is 0 Å². The van der Waals surface area contributed by atoms with Crippen molar-refractivity contribution in [3.8, 4) is 0 Å². The summed E-state index contributed by atoms with van der Waals surface area (Å²) in [6.07, 6.45) is 10.0. The van der Waals surface area contributed by atoms with Gasteiger partial charge in [-0.1, -0.05) is 61.7 Å². The number of aromatic nitrogens is 2. The smallest absolute Gasteiger partial charge is 0.224 e. The van der Waals surface area contributed by atoms with E-state index in [0.29, 0.717) is 0 Å². The Morgan fingerprint density at radius 1 is 1.06 bits per heavy atom. The first kappa shape index (κ1) is 23.0. The lowest BCUT2D eigenvalue weighted by atomic mass is 9.88. The molecule has 6 nitrogen and oxygen atoms in total. The number of H-pyrrole nitrogens is 1. The van der Waals surface area contributed by atoms with Gasteiger partial charge < -0.3 is 15.2 Å². The zero-order valence-electron chi connectivity index (χ0n) is 19.5. The number of anilines is 1. The van der Waals surface area contributed by atoms with Gasteiger partial charge in [0.1, 0.15) is 6.17 Å². The number of nitrogens with one attached hydrogen (secondary N) is 2. The molecular weight excluding hydrogens is 442 g/mol. The predicted molar refractivity (Wildman–Crippen MR) is 137 cm³/mol. The molecule has 1 aliphatic heterocycles. The maximum absolute atomic E-state index is 13.3. The van der Waals surface area contributed by atoms with Gasteiger partial charge in [0.2, 0.25) is 5.91 Å². The lowest BCUT2D eigenvalue weighted by molar-refractivity contribution is -0.127. The number of amides is 1. The molecule has 0 bridgehead atoms. The van der Waals surface area contributed by atoms with Gasteiger partial charge in [-0.05, 0) is 48.9 Å². The van der Waals surface area contributed by atoms with Gasteiger partial charge in [-0.15, -0.1) is 0 Å². The zero-order chi connectivity index (χ0) is 23.2. The molecule has 7 heteroatoms. The predicted octanol–water partition coefficient (Wildman–Crippen LogP) is 5.00. The molecule has 0 radical (unpaired) electrons. The second kappa shape index (κ2) is 11.1. The van der Waals surface area contributed by atoms with Crippen molar-refractivity contribution in [2.45, 2.75) is 56.1 Å². The SMILES string of the molecule is O=C(NC1CN(Cc2cnc[nH]2)c2ccccc2SN1CCc1ccccc1)C1CCCCC1. The summed E-state index contributed by atoms with van der Waals surface area (Å²) in [6.45, 7) is 2.30. The number of fused-ring (bicyclic) bond motifs is 1. The minimum Gasteiger partial charge on any atom is -0.361 e. The largest absolute Gasteiger partial charge is 0.361 e. The van der Waals surface area contributed by atoms with Gasteiger partial charge in [0.25, 0.3) is 0 Å². The first-order chi connectivity index (χ1) is 16.8. The highest BCUT2D eigenvalue weighted by atomic mass is 32.2. The molecular formula is C27H33N5OS. The van der Waals surface area contributed by atoms with Crippen LogP contribution < -0.4 is 10.2 Å². The second-order valence-corrected chi connectivity index (χ2v) is 10.3. The summed E-state index contributed by atoms with van der Waals surface area (Å²) in [7, 11) is 0. The molecule has 1 amide bonds. The second-order valence-electron chi connectivity index (χ2n) is 9.25. The maximum Gasteiger partial charge on any atom is 0.224 e. The normalized spacial score (nSPS) is 19.4. The van der Waals surface area contributed by atoms with Crippen molar-refractivity contribution < 1.29 is 4.79 Å². The number of hydrogen-bond donors (Lipinski definition) is 2. The number of carbonyl (C=O) groups excluding carboxylic acids is 1. The summed E-state index contributed by atoms with van der Waals surface area (Å²) < 4.78 is 2.37. The van der Waals surface area contributed by atoms with Crippen molar-refractivity contribution in [2.24, 2.45) is 5.92 Å². The number of hydrogen-bond acceptors (Lipinski definition) is 5. The van der Waals surface area contributed by atoms with Crippen LogP contribution in [0.3, 0.4) is 0 Å². The highest BCUT2D eigenvalue weighted by molar-refractivity contribution is 7.97. The van der Waals surface area contributed by atoms with Gasteiger partial charge in [-0.3, -0.25) is 4.79 Å². The number of rotatable bonds is 7. The standard InChI is InChI=1S/C27H33N5OS/c33-27(22-11-5-2-6-12-22)30-26-19-31(18-23-17-28-20-29-23)24-13-7-8-14-25(24)34-32(26)16-15-21-9-3-1-4-10-21/h1,3-4,7-10,13-14,17,20,22,26H,2,5-6,11-12,15-16,18-19H2,(H,28,29)(H,30,33). The molecule has 178 valence electrons. The fraction of sp³-hybridized carbons (Fsp3) is 0.407. The summed E-state index contributed by atoms with van der Waals surface area (Å²) in [4.78, 5) is 24.3. The van der Waals surface area contributed by atoms with Gasteiger partial charge >= 0.3 is 0 Å². The lowest BCUT2D eigenvalue weighted by Crippen LogP contribution is -2.52. The third-order valence-electron chi connectivity index (χ3n) is 6.83. The Balaban J connectivity index is 1.40. The average Bonchev–Trinajstić information content (AvgIpc) is 3.35. The Labute approximate surface area is 206 Å². The number of imidazole rings is 1. The van der Waals surface area contributed by atoms with Gasteiger partial charge in [-0.25, -0.2) is 9.29 Å². The van der Waals surface area contributed by atoms with E-state index in [4.69, 9.17) is 0 Å². The minimum absolute atomic E-state index is 0.0848. The Morgan fingerprint density at radius 3 is 2.65 bits per heavy atom. The zero-order valence-corrected chi connectivity index (χ0v) is 20.3. The van der Waals surface area contributed by atoms with Crippen LogP contribution in [-0.2, 0) is 17.8 Å². The molecule has 0 spiro atoms. The number of para-hydroxylation sites is 1. The summed E-state index contributed by atoms with van der Waals surface area (Å²) >= 11 is 1.76. The summed E-state index contributed by atoms with van der Waals surface area (Å²) in [5, 5.41) is 3.46. The molecule has 1 atom stereocenters. The van der Waals surface area contributed by atoms with Crippen LogP contribution in [0.15, 0.2) is 72.0 Å². The van der Waals surface area contributed by atoms with E-state index in [9.17, 15) is 4.79 Å². The van der Waals surface area contributed by atoms with E-state index in [1.807, 2.05) is 6.20 Å². The number of benzene rings is 2. The molecule has 1 saturated carbocycles. The first-order valence-corrected chi connectivity index (χ1v) is 13.1. The van der Waals surface area contributed by atoms with Crippen LogP contribution in [0.4, 0.5) is 5.69 Å². The molecule has 5 rings (SSSR count). The van der Waals surface area contributed by atoms with E-state index >= 15 is 0 Å². The molecule has 0 saturated heterocycles. The van der Waals surface area contributed by atoms with Gasteiger partial charge in [0.05, 0.1) is 30.8 Å². The summed E-state index contributed by atoms with van der Waals surface area (Å²) in [6, 6.07) is 19.1. The van der Waals surface area contributed by atoms with Crippen molar-refractivity contribution in [1.29, 1.82) is 0 Å². The van der Waals surface area contributed by atoms with Gasteiger partial charge in [0, 0.05) is 23.6 Å². The first-order valence-electron chi connectivity index (χ1n) is 12.4. The van der Waals surface area contributed by atoms with E-state index in [2.05, 4.69) is 79.1 Å². The Morgan fingerprint density at radius 2 is 1.85 bits per heavy atom. The highest BCUT2D eigenvalue weighted by Crippen LogP contribution is 2.37.